The molecule has 0 aliphatic rings. The molecule has 1 heterocycles. The zero-order valence-corrected chi connectivity index (χ0v) is 5.58. The van der Waals surface area contributed by atoms with Crippen LogP contribution in [0.4, 0.5) is 0 Å². The fourth-order valence-electron chi connectivity index (χ4n) is 0.744. The molecular formula is C8H8NO. The average molecular weight is 134 g/mol. The maximum atomic E-state index is 10.6. The molecule has 1 radical (unpaired) electrons. The van der Waals surface area contributed by atoms with Crippen LogP contribution < -0.4 is 0 Å². The first-order valence-corrected chi connectivity index (χ1v) is 3.06. The van der Waals surface area contributed by atoms with Crippen molar-refractivity contribution >= 4 is 0 Å². The zero-order chi connectivity index (χ0) is 7.40. The number of allylic oxidation sites excluding steroid dienone is 1. The molecule has 0 saturated heterocycles. The van der Waals surface area contributed by atoms with E-state index in [-0.39, 0.29) is 5.88 Å². The van der Waals surface area contributed by atoms with Crippen molar-refractivity contribution in [2.24, 2.45) is 0 Å². The van der Waals surface area contributed by atoms with Crippen molar-refractivity contribution in [2.45, 2.75) is 6.42 Å². The zero-order valence-electron chi connectivity index (χ0n) is 5.58. The van der Waals surface area contributed by atoms with Gasteiger partial charge < -0.3 is 0 Å². The van der Waals surface area contributed by atoms with Crippen molar-refractivity contribution in [3.8, 4) is 5.88 Å². The van der Waals surface area contributed by atoms with Crippen LogP contribution >= 0.6 is 0 Å². The average Bonchev–Trinajstić information content (AvgIpc) is 1.88. The molecular weight excluding hydrogens is 126 g/mol. The van der Waals surface area contributed by atoms with Crippen LogP contribution in [0.1, 0.15) is 5.56 Å². The predicted octanol–water partition coefficient (Wildman–Crippen LogP) is 1.95. The molecule has 0 N–H and O–H groups in total. The molecule has 51 valence electrons. The number of hydrogen-bond acceptors (Lipinski definition) is 1. The van der Waals surface area contributed by atoms with E-state index < -0.39 is 0 Å². The fourth-order valence-corrected chi connectivity index (χ4v) is 0.744. The Morgan fingerprint density at radius 1 is 1.70 bits per heavy atom. The highest BCUT2D eigenvalue weighted by Gasteiger charge is 1.92. The van der Waals surface area contributed by atoms with Crippen LogP contribution in [0, 0.1) is 0 Å². The summed E-state index contributed by atoms with van der Waals surface area (Å²) in [6.45, 7) is 3.56. The first-order chi connectivity index (χ1) is 4.83. The Kier molecular flexibility index (Phi) is 2.05. The van der Waals surface area contributed by atoms with Gasteiger partial charge in [-0.2, -0.15) is 0 Å². The van der Waals surface area contributed by atoms with Crippen LogP contribution in [0.5, 0.6) is 5.88 Å². The molecule has 0 amide bonds. The summed E-state index contributed by atoms with van der Waals surface area (Å²) in [7, 11) is 0. The first kappa shape index (κ1) is 6.81. The summed E-state index contributed by atoms with van der Waals surface area (Å²) in [5.74, 6) is -0.181. The Labute approximate surface area is 59.9 Å². The van der Waals surface area contributed by atoms with Crippen LogP contribution in [0.15, 0.2) is 31.0 Å². The molecule has 0 atom stereocenters. The lowest BCUT2D eigenvalue weighted by Crippen LogP contribution is -1.80. The van der Waals surface area contributed by atoms with E-state index in [0.717, 1.165) is 12.0 Å². The normalized spacial score (nSPS) is 9.20. The quantitative estimate of drug-likeness (QED) is 0.569. The second kappa shape index (κ2) is 3.01. The van der Waals surface area contributed by atoms with E-state index in [1.54, 1.807) is 6.08 Å². The number of nitrogens with zero attached hydrogens (tertiary/aromatic N) is 1. The van der Waals surface area contributed by atoms with Gasteiger partial charge in [0.2, 0.25) is 0 Å². The topological polar surface area (TPSA) is 32.8 Å². The van der Waals surface area contributed by atoms with Crippen molar-refractivity contribution in [3.05, 3.63) is 36.5 Å². The fraction of sp³-hybridized carbons (Fsp3) is 0.125. The summed E-state index contributed by atoms with van der Waals surface area (Å²) in [5, 5.41) is 10.6. The molecule has 1 rings (SSSR count). The molecule has 2 nitrogen and oxygen atoms in total. The highest BCUT2D eigenvalue weighted by molar-refractivity contribution is 5.20. The molecule has 0 fully saturated rings. The second-order valence-electron chi connectivity index (χ2n) is 2.00. The third kappa shape index (κ3) is 1.58. The molecule has 1 aromatic heterocycles. The largest absolute Gasteiger partial charge is 0.269 e. The molecule has 0 aliphatic heterocycles. The minimum Gasteiger partial charge on any atom is -0.267 e. The number of aromatic nitrogens is 1. The van der Waals surface area contributed by atoms with Gasteiger partial charge in [0.15, 0.2) is 0 Å². The maximum absolute atomic E-state index is 10.6. The van der Waals surface area contributed by atoms with Gasteiger partial charge in [0.25, 0.3) is 5.88 Å². The Balaban J connectivity index is 2.84. The van der Waals surface area contributed by atoms with Gasteiger partial charge in [-0.25, -0.2) is 4.98 Å². The van der Waals surface area contributed by atoms with E-state index >= 15 is 0 Å². The third-order valence-electron chi connectivity index (χ3n) is 1.18. The molecule has 2 heteroatoms. The molecule has 0 aliphatic carbocycles. The highest BCUT2D eigenvalue weighted by atomic mass is 16.3. The highest BCUT2D eigenvalue weighted by Crippen LogP contribution is 2.07. The predicted molar refractivity (Wildman–Crippen MR) is 38.3 cm³/mol. The van der Waals surface area contributed by atoms with Crippen LogP contribution in [0.3, 0.4) is 0 Å². The van der Waals surface area contributed by atoms with Crippen molar-refractivity contribution in [1.82, 2.24) is 4.98 Å². The maximum Gasteiger partial charge on any atom is 0.269 e. The molecule has 10 heavy (non-hydrogen) atoms. The van der Waals surface area contributed by atoms with E-state index in [2.05, 4.69) is 11.6 Å². The molecule has 0 bridgehead atoms. The van der Waals surface area contributed by atoms with Gasteiger partial charge in [0, 0.05) is 12.3 Å². The molecule has 0 aromatic carbocycles. The monoisotopic (exact) mass is 134 g/mol. The molecule has 0 unspecified atom stereocenters. The summed E-state index contributed by atoms with van der Waals surface area (Å²) in [4.78, 5) is 3.53. The number of pyridine rings is 1. The van der Waals surface area contributed by atoms with E-state index in [1.807, 2.05) is 6.07 Å². The van der Waals surface area contributed by atoms with Gasteiger partial charge in [-0.05, 0) is 18.1 Å². The Morgan fingerprint density at radius 2 is 2.50 bits per heavy atom. The van der Waals surface area contributed by atoms with Gasteiger partial charge in [-0.15, -0.1) is 6.58 Å². The second-order valence-corrected chi connectivity index (χ2v) is 2.00. The van der Waals surface area contributed by atoms with Gasteiger partial charge in [0.1, 0.15) is 0 Å². The Hall–Kier alpha value is -1.31. The van der Waals surface area contributed by atoms with Crippen LogP contribution in [0.25, 0.3) is 0 Å². The van der Waals surface area contributed by atoms with Crippen molar-refractivity contribution < 1.29 is 5.11 Å². The lowest BCUT2D eigenvalue weighted by molar-refractivity contribution is 0.337. The lowest BCUT2D eigenvalue weighted by Gasteiger charge is -1.92. The van der Waals surface area contributed by atoms with E-state index in [1.165, 1.54) is 12.3 Å². The van der Waals surface area contributed by atoms with Crippen molar-refractivity contribution in [1.29, 1.82) is 0 Å². The van der Waals surface area contributed by atoms with Gasteiger partial charge >= 0.3 is 0 Å². The Morgan fingerprint density at radius 3 is 3.10 bits per heavy atom. The summed E-state index contributed by atoms with van der Waals surface area (Å²) < 4.78 is 0. The summed E-state index contributed by atoms with van der Waals surface area (Å²) in [5.41, 5.74) is 0.968. The van der Waals surface area contributed by atoms with Gasteiger partial charge in [-0.1, -0.05) is 6.08 Å². The SMILES string of the molecule is C=CCc1ccnc([O])c1. The standard InChI is InChI=1S/C8H8NO/c1-2-3-7-4-5-9-8(10)6-7/h2,4-6H,1,3H2. The minimum absolute atomic E-state index is 0.181. The van der Waals surface area contributed by atoms with E-state index in [9.17, 15) is 5.11 Å². The summed E-state index contributed by atoms with van der Waals surface area (Å²) in [6, 6.07) is 3.32. The molecule has 0 saturated carbocycles. The van der Waals surface area contributed by atoms with Gasteiger partial charge in [-0.3, -0.25) is 5.11 Å². The van der Waals surface area contributed by atoms with Crippen LogP contribution in [-0.2, 0) is 11.5 Å². The summed E-state index contributed by atoms with van der Waals surface area (Å²) >= 11 is 0. The lowest BCUT2D eigenvalue weighted by atomic mass is 10.2. The van der Waals surface area contributed by atoms with Gasteiger partial charge in [0.05, 0.1) is 0 Å². The first-order valence-electron chi connectivity index (χ1n) is 3.06. The number of hydrogen-bond donors (Lipinski definition) is 0. The van der Waals surface area contributed by atoms with Crippen molar-refractivity contribution in [3.63, 3.8) is 0 Å². The molecule has 0 spiro atoms. The van der Waals surface area contributed by atoms with Crippen LogP contribution in [0.2, 0.25) is 0 Å². The Bertz CT molecular complexity index is 232. The van der Waals surface area contributed by atoms with E-state index in [4.69, 9.17) is 0 Å². The minimum atomic E-state index is -0.181. The number of rotatable bonds is 2. The summed E-state index contributed by atoms with van der Waals surface area (Å²) in [6.07, 6.45) is 4.01. The molecule has 1 aromatic rings. The third-order valence-corrected chi connectivity index (χ3v) is 1.18. The smallest absolute Gasteiger partial charge is 0.267 e. The van der Waals surface area contributed by atoms with E-state index in [0.29, 0.717) is 0 Å². The van der Waals surface area contributed by atoms with Crippen molar-refractivity contribution in [2.75, 3.05) is 0 Å². The van der Waals surface area contributed by atoms with Crippen LogP contribution in [-0.4, -0.2) is 4.98 Å².